The van der Waals surface area contributed by atoms with Gasteiger partial charge in [0.2, 0.25) is 0 Å². The van der Waals surface area contributed by atoms with Crippen molar-refractivity contribution in [2.24, 2.45) is 10.8 Å². The summed E-state index contributed by atoms with van der Waals surface area (Å²) in [5.74, 6) is 0. The third-order valence-electron chi connectivity index (χ3n) is 6.15. The lowest BCUT2D eigenvalue weighted by Crippen LogP contribution is -2.31. The van der Waals surface area contributed by atoms with Crippen LogP contribution < -0.4 is 5.73 Å². The molecule has 0 spiro atoms. The summed E-state index contributed by atoms with van der Waals surface area (Å²) < 4.78 is 0. The quantitative estimate of drug-likeness (QED) is 0.393. The number of hydrogen-bond acceptors (Lipinski definition) is 1. The van der Waals surface area contributed by atoms with Crippen molar-refractivity contribution in [2.75, 3.05) is 5.73 Å². The highest BCUT2D eigenvalue weighted by molar-refractivity contribution is 6.13. The van der Waals surface area contributed by atoms with E-state index >= 15 is 0 Å². The summed E-state index contributed by atoms with van der Waals surface area (Å²) in [6, 6.07) is 15.5. The van der Waals surface area contributed by atoms with E-state index < -0.39 is 0 Å². The molecule has 1 heteroatoms. The molecule has 0 saturated heterocycles. The van der Waals surface area contributed by atoms with Crippen LogP contribution in [0.3, 0.4) is 0 Å². The highest BCUT2D eigenvalue weighted by Gasteiger charge is 2.32. The lowest BCUT2D eigenvalue weighted by molar-refractivity contribution is 0.132. The fourth-order valence-corrected chi connectivity index (χ4v) is 3.47. The molecule has 0 aliphatic rings. The number of benzene rings is 3. The summed E-state index contributed by atoms with van der Waals surface area (Å²) in [5, 5.41) is 5.07. The van der Waals surface area contributed by atoms with Crippen LogP contribution in [0, 0.1) is 10.8 Å². The Morgan fingerprint density at radius 3 is 2.15 bits per heavy atom. The van der Waals surface area contributed by atoms with Crippen molar-refractivity contribution in [1.82, 2.24) is 0 Å². The number of anilines is 1. The first-order valence-corrected chi connectivity index (χ1v) is 9.50. The Morgan fingerprint density at radius 2 is 1.50 bits per heavy atom. The first kappa shape index (κ1) is 18.5. The number of fused-ring (bicyclic) bond motifs is 3. The Kier molecular flexibility index (Phi) is 4.60. The third-order valence-corrected chi connectivity index (χ3v) is 6.15. The summed E-state index contributed by atoms with van der Waals surface area (Å²) in [6.45, 7) is 13.8. The Labute approximate surface area is 157 Å². The van der Waals surface area contributed by atoms with Crippen molar-refractivity contribution in [1.29, 1.82) is 0 Å². The molecule has 0 aromatic heterocycles. The lowest BCUT2D eigenvalue weighted by Gasteiger charge is -2.39. The van der Waals surface area contributed by atoms with Crippen LogP contribution in [0.2, 0.25) is 0 Å². The van der Waals surface area contributed by atoms with Crippen molar-refractivity contribution < 1.29 is 0 Å². The molecule has 0 fully saturated rings. The average molecular weight is 346 g/mol. The molecule has 136 valence electrons. The second kappa shape index (κ2) is 6.46. The minimum Gasteiger partial charge on any atom is -0.398 e. The summed E-state index contributed by atoms with van der Waals surface area (Å²) >= 11 is 0. The molecular formula is C25H31N. The van der Waals surface area contributed by atoms with Crippen molar-refractivity contribution in [2.45, 2.75) is 48.0 Å². The van der Waals surface area contributed by atoms with Gasteiger partial charge in [0.25, 0.3) is 0 Å². The second-order valence-corrected chi connectivity index (χ2v) is 9.10. The molecule has 1 nitrogen and oxygen atoms in total. The van der Waals surface area contributed by atoms with Gasteiger partial charge in [0.05, 0.1) is 0 Å². The van der Waals surface area contributed by atoms with Crippen LogP contribution in [0.25, 0.3) is 27.6 Å². The summed E-state index contributed by atoms with van der Waals surface area (Å²) in [4.78, 5) is 0. The monoisotopic (exact) mass is 345 g/mol. The maximum absolute atomic E-state index is 6.31. The predicted molar refractivity (Wildman–Crippen MR) is 118 cm³/mol. The van der Waals surface area contributed by atoms with Gasteiger partial charge in [0, 0.05) is 11.3 Å². The zero-order valence-corrected chi connectivity index (χ0v) is 17.0. The van der Waals surface area contributed by atoms with Crippen LogP contribution in [0.5, 0.6) is 0 Å². The van der Waals surface area contributed by atoms with Crippen LogP contribution >= 0.6 is 0 Å². The van der Waals surface area contributed by atoms with Crippen molar-refractivity contribution in [3.63, 3.8) is 0 Å². The van der Waals surface area contributed by atoms with E-state index in [4.69, 9.17) is 5.73 Å². The van der Waals surface area contributed by atoms with Crippen LogP contribution in [0.15, 0.2) is 48.5 Å². The highest BCUT2D eigenvalue weighted by atomic mass is 14.6. The maximum atomic E-state index is 6.31. The minimum absolute atomic E-state index is 0.219. The maximum Gasteiger partial charge on any atom is 0.0394 e. The molecular weight excluding hydrogens is 314 g/mol. The van der Waals surface area contributed by atoms with Crippen molar-refractivity contribution >= 4 is 33.3 Å². The van der Waals surface area contributed by atoms with Gasteiger partial charge in [-0.25, -0.2) is 0 Å². The standard InChI is InChI=1S/C25H31N/c1-7-8-20-22(26)14-13-19-12-11-18-10-9-17(15-21(18)23(19)20)16-25(5,6)24(2,3)4/h7-15H,16,26H2,1-6H3/b8-7-. The smallest absolute Gasteiger partial charge is 0.0394 e. The van der Waals surface area contributed by atoms with Gasteiger partial charge in [-0.15, -0.1) is 0 Å². The molecule has 0 bridgehead atoms. The van der Waals surface area contributed by atoms with E-state index in [1.165, 1.54) is 27.1 Å². The molecule has 0 atom stereocenters. The Bertz CT molecular complexity index is 984. The van der Waals surface area contributed by atoms with E-state index in [1.54, 1.807) is 0 Å². The first-order valence-electron chi connectivity index (χ1n) is 9.50. The summed E-state index contributed by atoms with van der Waals surface area (Å²) in [6.07, 6.45) is 5.25. The van der Waals surface area contributed by atoms with Crippen LogP contribution in [0.4, 0.5) is 5.69 Å². The Morgan fingerprint density at radius 1 is 0.885 bits per heavy atom. The van der Waals surface area contributed by atoms with E-state index in [-0.39, 0.29) is 10.8 Å². The third kappa shape index (κ3) is 3.23. The molecule has 0 aliphatic heterocycles. The molecule has 3 rings (SSSR count). The molecule has 0 unspecified atom stereocenters. The Balaban J connectivity index is 2.25. The van der Waals surface area contributed by atoms with Gasteiger partial charge >= 0.3 is 0 Å². The van der Waals surface area contributed by atoms with Gasteiger partial charge in [-0.2, -0.15) is 0 Å². The van der Waals surface area contributed by atoms with Gasteiger partial charge in [0.15, 0.2) is 0 Å². The minimum atomic E-state index is 0.219. The van der Waals surface area contributed by atoms with E-state index in [2.05, 4.69) is 83.2 Å². The number of hydrogen-bond donors (Lipinski definition) is 1. The molecule has 2 N–H and O–H groups in total. The molecule has 0 heterocycles. The fourth-order valence-electron chi connectivity index (χ4n) is 3.47. The van der Waals surface area contributed by atoms with Gasteiger partial charge in [-0.1, -0.05) is 83.2 Å². The average Bonchev–Trinajstić information content (AvgIpc) is 2.55. The zero-order valence-electron chi connectivity index (χ0n) is 17.0. The fraction of sp³-hybridized carbons (Fsp3) is 0.360. The topological polar surface area (TPSA) is 26.0 Å². The zero-order chi connectivity index (χ0) is 19.1. The van der Waals surface area contributed by atoms with E-state index in [1.807, 2.05) is 13.0 Å². The molecule has 0 saturated carbocycles. The summed E-state index contributed by atoms with van der Waals surface area (Å²) in [5.41, 5.74) is 10.1. The van der Waals surface area contributed by atoms with E-state index in [9.17, 15) is 0 Å². The number of nitrogen functional groups attached to an aromatic ring is 1. The first-order chi connectivity index (χ1) is 12.1. The van der Waals surface area contributed by atoms with Crippen LogP contribution in [0.1, 0.15) is 52.7 Å². The molecule has 26 heavy (non-hydrogen) atoms. The van der Waals surface area contributed by atoms with Gasteiger partial charge in [-0.3, -0.25) is 0 Å². The molecule has 0 aliphatic carbocycles. The van der Waals surface area contributed by atoms with E-state index in [0.29, 0.717) is 0 Å². The number of nitrogens with two attached hydrogens (primary N) is 1. The number of rotatable bonds is 3. The SMILES string of the molecule is C/C=C\c1c(N)ccc2ccc3ccc(CC(C)(C)C(C)(C)C)cc3c12. The van der Waals surface area contributed by atoms with Crippen molar-refractivity contribution in [3.8, 4) is 0 Å². The summed E-state index contributed by atoms with van der Waals surface area (Å²) in [7, 11) is 0. The van der Waals surface area contributed by atoms with E-state index in [0.717, 1.165) is 17.7 Å². The predicted octanol–water partition coefficient (Wildman–Crippen LogP) is 7.22. The van der Waals surface area contributed by atoms with Gasteiger partial charge < -0.3 is 5.73 Å². The Hall–Kier alpha value is -2.28. The largest absolute Gasteiger partial charge is 0.398 e. The van der Waals surface area contributed by atoms with Crippen LogP contribution in [-0.4, -0.2) is 0 Å². The molecule has 0 radical (unpaired) electrons. The highest BCUT2D eigenvalue weighted by Crippen LogP contribution is 2.41. The number of allylic oxidation sites excluding steroid dienone is 1. The lowest BCUT2D eigenvalue weighted by atomic mass is 9.66. The van der Waals surface area contributed by atoms with Gasteiger partial charge in [-0.05, 0) is 57.3 Å². The molecule has 0 amide bonds. The van der Waals surface area contributed by atoms with Crippen LogP contribution in [-0.2, 0) is 6.42 Å². The molecule has 3 aromatic carbocycles. The normalized spacial score (nSPS) is 13.2. The van der Waals surface area contributed by atoms with Gasteiger partial charge in [0.1, 0.15) is 0 Å². The van der Waals surface area contributed by atoms with Crippen molar-refractivity contribution in [3.05, 3.63) is 59.7 Å². The molecule has 3 aromatic rings. The second-order valence-electron chi connectivity index (χ2n) is 9.10.